The third-order valence-electron chi connectivity index (χ3n) is 1.99. The second kappa shape index (κ2) is 5.49. The number of halogens is 1. The number of methoxy groups -OCH3 is 1. The van der Waals surface area contributed by atoms with Gasteiger partial charge in [0.25, 0.3) is 0 Å². The Balaban J connectivity index is 3.20. The minimum absolute atomic E-state index is 0.384. The number of aliphatic hydroxyl groups is 1. The van der Waals surface area contributed by atoms with Crippen molar-refractivity contribution in [1.29, 1.82) is 0 Å². The molecule has 0 bridgehead atoms. The summed E-state index contributed by atoms with van der Waals surface area (Å²) in [5.41, 5.74) is 0.669. The van der Waals surface area contributed by atoms with Gasteiger partial charge in [-0.15, -0.1) is 0 Å². The Morgan fingerprint density at radius 3 is 2.50 bits per heavy atom. The Morgan fingerprint density at radius 2 is 2.06 bits per heavy atom. The Hall–Kier alpha value is -0.820. The van der Waals surface area contributed by atoms with Gasteiger partial charge < -0.3 is 14.6 Å². The maximum Gasteiger partial charge on any atom is 0.308 e. The number of esters is 1. The molecule has 1 atom stereocenters. The molecule has 0 radical (unpaired) electrons. The number of ether oxygens (including phenoxy) is 2. The molecule has 0 aliphatic carbocycles. The molecule has 4 nitrogen and oxygen atoms in total. The summed E-state index contributed by atoms with van der Waals surface area (Å²) < 4.78 is 10.9. The van der Waals surface area contributed by atoms with Crippen molar-refractivity contribution in [2.75, 3.05) is 7.11 Å². The third kappa shape index (κ3) is 3.08. The van der Waals surface area contributed by atoms with Crippen molar-refractivity contribution in [3.63, 3.8) is 0 Å². The van der Waals surface area contributed by atoms with Gasteiger partial charge in [0, 0.05) is 18.6 Å². The first-order valence-corrected chi connectivity index (χ1v) is 5.77. The zero-order chi connectivity index (χ0) is 12.3. The molecular formula is C11H13IO4. The van der Waals surface area contributed by atoms with Crippen LogP contribution >= 0.6 is 22.6 Å². The lowest BCUT2D eigenvalue weighted by molar-refractivity contribution is -0.131. The number of hydrogen-bond acceptors (Lipinski definition) is 4. The van der Waals surface area contributed by atoms with Crippen molar-refractivity contribution in [2.24, 2.45) is 0 Å². The molecule has 1 aromatic carbocycles. The Kier molecular flexibility index (Phi) is 4.55. The molecule has 0 fully saturated rings. The van der Waals surface area contributed by atoms with E-state index in [0.29, 0.717) is 17.1 Å². The maximum absolute atomic E-state index is 10.9. The van der Waals surface area contributed by atoms with E-state index in [1.807, 2.05) is 22.6 Å². The van der Waals surface area contributed by atoms with Gasteiger partial charge in [0.2, 0.25) is 0 Å². The summed E-state index contributed by atoms with van der Waals surface area (Å²) in [5, 5.41) is 9.54. The summed E-state index contributed by atoms with van der Waals surface area (Å²) in [6.45, 7) is 2.99. The van der Waals surface area contributed by atoms with Gasteiger partial charge in [-0.25, -0.2) is 0 Å². The van der Waals surface area contributed by atoms with Crippen molar-refractivity contribution >= 4 is 28.6 Å². The predicted molar refractivity (Wildman–Crippen MR) is 67.7 cm³/mol. The van der Waals surface area contributed by atoms with Crippen LogP contribution in [0.5, 0.6) is 11.5 Å². The molecule has 0 spiro atoms. The quantitative estimate of drug-likeness (QED) is 0.523. The number of carbonyl (C=O) groups is 1. The summed E-state index contributed by atoms with van der Waals surface area (Å²) in [6.07, 6.45) is -0.630. The molecule has 0 aliphatic heterocycles. The van der Waals surface area contributed by atoms with E-state index < -0.39 is 6.10 Å². The fourth-order valence-corrected chi connectivity index (χ4v) is 1.89. The average molecular weight is 336 g/mol. The molecule has 5 heteroatoms. The highest BCUT2D eigenvalue weighted by Crippen LogP contribution is 2.33. The molecule has 1 aromatic rings. The highest BCUT2D eigenvalue weighted by molar-refractivity contribution is 14.1. The van der Waals surface area contributed by atoms with Crippen LogP contribution in [0.2, 0.25) is 0 Å². The summed E-state index contributed by atoms with van der Waals surface area (Å²) in [5.74, 6) is 0.561. The van der Waals surface area contributed by atoms with Crippen LogP contribution in [-0.4, -0.2) is 18.2 Å². The number of carbonyl (C=O) groups excluding carboxylic acids is 1. The van der Waals surface area contributed by atoms with Crippen molar-refractivity contribution in [3.05, 3.63) is 21.3 Å². The molecule has 16 heavy (non-hydrogen) atoms. The molecule has 0 amide bonds. The number of hydrogen-bond donors (Lipinski definition) is 1. The fourth-order valence-electron chi connectivity index (χ4n) is 1.29. The molecule has 88 valence electrons. The molecule has 0 aromatic heterocycles. The second-order valence-electron chi connectivity index (χ2n) is 3.29. The van der Waals surface area contributed by atoms with Crippen LogP contribution in [-0.2, 0) is 4.79 Å². The zero-order valence-corrected chi connectivity index (χ0v) is 11.4. The van der Waals surface area contributed by atoms with Crippen molar-refractivity contribution in [2.45, 2.75) is 20.0 Å². The second-order valence-corrected chi connectivity index (χ2v) is 4.46. The Bertz CT molecular complexity index is 401. The Labute approximate surface area is 108 Å². The molecule has 0 saturated heterocycles. The zero-order valence-electron chi connectivity index (χ0n) is 9.28. The Morgan fingerprint density at radius 1 is 1.44 bits per heavy atom. The highest BCUT2D eigenvalue weighted by Gasteiger charge is 2.14. The normalized spacial score (nSPS) is 12.1. The van der Waals surface area contributed by atoms with Crippen molar-refractivity contribution in [1.82, 2.24) is 0 Å². The van der Waals surface area contributed by atoms with Crippen LogP contribution in [0.1, 0.15) is 25.5 Å². The van der Waals surface area contributed by atoms with E-state index in [-0.39, 0.29) is 5.97 Å². The van der Waals surface area contributed by atoms with Gasteiger partial charge in [-0.3, -0.25) is 4.79 Å². The van der Waals surface area contributed by atoms with Gasteiger partial charge in [0.05, 0.1) is 16.8 Å². The third-order valence-corrected chi connectivity index (χ3v) is 2.83. The van der Waals surface area contributed by atoms with E-state index in [1.165, 1.54) is 14.0 Å². The molecule has 0 saturated carbocycles. The maximum atomic E-state index is 10.9. The molecular weight excluding hydrogens is 323 g/mol. The summed E-state index contributed by atoms with van der Waals surface area (Å²) in [7, 11) is 1.51. The van der Waals surface area contributed by atoms with E-state index in [2.05, 4.69) is 0 Å². The lowest BCUT2D eigenvalue weighted by atomic mass is 10.1. The SMILES string of the molecule is COc1cc(OC(C)=O)c(I)cc1C(C)O. The van der Waals surface area contributed by atoms with Gasteiger partial charge in [-0.1, -0.05) is 0 Å². The number of rotatable bonds is 3. The van der Waals surface area contributed by atoms with Crippen LogP contribution in [0.25, 0.3) is 0 Å². The monoisotopic (exact) mass is 336 g/mol. The number of benzene rings is 1. The fraction of sp³-hybridized carbons (Fsp3) is 0.364. The molecule has 0 aliphatic rings. The van der Waals surface area contributed by atoms with Gasteiger partial charge in [0.1, 0.15) is 11.5 Å². The van der Waals surface area contributed by atoms with Crippen LogP contribution in [0.4, 0.5) is 0 Å². The van der Waals surface area contributed by atoms with E-state index in [0.717, 1.165) is 3.57 Å². The molecule has 1 rings (SSSR count). The van der Waals surface area contributed by atoms with E-state index in [1.54, 1.807) is 19.1 Å². The largest absolute Gasteiger partial charge is 0.496 e. The molecule has 1 N–H and O–H groups in total. The number of aliphatic hydroxyl groups excluding tert-OH is 1. The minimum atomic E-state index is -0.630. The lowest BCUT2D eigenvalue weighted by Gasteiger charge is -2.14. The van der Waals surface area contributed by atoms with Crippen LogP contribution in [0.15, 0.2) is 12.1 Å². The van der Waals surface area contributed by atoms with Gasteiger partial charge >= 0.3 is 5.97 Å². The van der Waals surface area contributed by atoms with Gasteiger partial charge in [0.15, 0.2) is 0 Å². The van der Waals surface area contributed by atoms with E-state index in [9.17, 15) is 9.90 Å². The first-order valence-electron chi connectivity index (χ1n) is 4.69. The summed E-state index contributed by atoms with van der Waals surface area (Å²) in [6, 6.07) is 3.34. The highest BCUT2D eigenvalue weighted by atomic mass is 127. The lowest BCUT2D eigenvalue weighted by Crippen LogP contribution is -2.05. The van der Waals surface area contributed by atoms with Gasteiger partial charge in [-0.2, -0.15) is 0 Å². The van der Waals surface area contributed by atoms with E-state index in [4.69, 9.17) is 9.47 Å². The van der Waals surface area contributed by atoms with Crippen molar-refractivity contribution < 1.29 is 19.4 Å². The first-order chi connectivity index (χ1) is 7.45. The minimum Gasteiger partial charge on any atom is -0.496 e. The average Bonchev–Trinajstić information content (AvgIpc) is 2.19. The van der Waals surface area contributed by atoms with Gasteiger partial charge in [-0.05, 0) is 35.6 Å². The molecule has 0 heterocycles. The molecule has 1 unspecified atom stereocenters. The summed E-state index contributed by atoms with van der Waals surface area (Å²) >= 11 is 2.04. The van der Waals surface area contributed by atoms with Crippen LogP contribution < -0.4 is 9.47 Å². The van der Waals surface area contributed by atoms with Crippen molar-refractivity contribution in [3.8, 4) is 11.5 Å². The first kappa shape index (κ1) is 13.2. The standard InChI is InChI=1S/C11H13IO4/c1-6(13)8-4-9(12)11(16-7(2)14)5-10(8)15-3/h4-6,13H,1-3H3. The van der Waals surface area contributed by atoms with E-state index >= 15 is 0 Å². The summed E-state index contributed by atoms with van der Waals surface area (Å²) in [4.78, 5) is 10.9. The topological polar surface area (TPSA) is 55.8 Å². The predicted octanol–water partition coefficient (Wildman–Crippen LogP) is 2.28. The van der Waals surface area contributed by atoms with Crippen LogP contribution in [0, 0.1) is 3.57 Å². The smallest absolute Gasteiger partial charge is 0.308 e. The van der Waals surface area contributed by atoms with Crippen LogP contribution in [0.3, 0.4) is 0 Å².